The van der Waals surface area contributed by atoms with Crippen molar-refractivity contribution in [2.24, 2.45) is 0 Å². The first-order chi connectivity index (χ1) is 13.8. The highest BCUT2D eigenvalue weighted by Crippen LogP contribution is 2.39. The van der Waals surface area contributed by atoms with E-state index in [1.54, 1.807) is 31.4 Å². The quantitative estimate of drug-likeness (QED) is 0.473. The third-order valence-electron chi connectivity index (χ3n) is 5.22. The molecule has 5 nitrogen and oxygen atoms in total. The molecular weight excluding hydrogens is 366 g/mol. The number of benzene rings is 2. The Morgan fingerprint density at radius 1 is 1.03 bits per heavy atom. The standard InChI is InChI=1S/C24H27NO4/c1-24(2,3)18-12-10-16(11-13-18)20-19(21(26)17-8-6-5-7-9-17)22(27)23(28)25(20)14-15-29-4/h5-13,20,26H,14-15H2,1-4H3/b21-19+/t20-/m0/s1. The van der Waals surface area contributed by atoms with Gasteiger partial charge in [0, 0.05) is 19.2 Å². The molecule has 0 aliphatic carbocycles. The molecule has 5 heteroatoms. The maximum Gasteiger partial charge on any atom is 0.295 e. The Balaban J connectivity index is 2.13. The van der Waals surface area contributed by atoms with Crippen LogP contribution in [0.5, 0.6) is 0 Å². The monoisotopic (exact) mass is 393 g/mol. The Morgan fingerprint density at radius 2 is 1.66 bits per heavy atom. The van der Waals surface area contributed by atoms with Crippen molar-refractivity contribution in [2.45, 2.75) is 32.2 Å². The van der Waals surface area contributed by atoms with Crippen LogP contribution in [0.15, 0.2) is 60.2 Å². The SMILES string of the molecule is COCCN1C(=O)C(=O)/C(=C(/O)c2ccccc2)[C@@H]1c1ccc(C(C)(C)C)cc1. The number of Topliss-reactive ketones (excluding diaryl/α,β-unsaturated/α-hetero) is 1. The number of ketones is 1. The van der Waals surface area contributed by atoms with Gasteiger partial charge in [-0.25, -0.2) is 0 Å². The summed E-state index contributed by atoms with van der Waals surface area (Å²) in [6.45, 7) is 6.94. The maximum atomic E-state index is 12.9. The minimum atomic E-state index is -0.674. The average molecular weight is 393 g/mol. The van der Waals surface area contributed by atoms with Crippen molar-refractivity contribution in [3.05, 3.63) is 76.9 Å². The number of methoxy groups -OCH3 is 1. The molecule has 2 aromatic carbocycles. The number of hydrogen-bond acceptors (Lipinski definition) is 4. The van der Waals surface area contributed by atoms with E-state index < -0.39 is 17.7 Å². The fraction of sp³-hybridized carbons (Fsp3) is 0.333. The highest BCUT2D eigenvalue weighted by atomic mass is 16.5. The van der Waals surface area contributed by atoms with Crippen LogP contribution in [-0.2, 0) is 19.7 Å². The van der Waals surface area contributed by atoms with Gasteiger partial charge in [-0.15, -0.1) is 0 Å². The number of ether oxygens (including phenoxy) is 1. The summed E-state index contributed by atoms with van der Waals surface area (Å²) in [5.74, 6) is -1.45. The van der Waals surface area contributed by atoms with Crippen LogP contribution in [0.2, 0.25) is 0 Å². The number of rotatable bonds is 5. The number of aliphatic hydroxyl groups is 1. The van der Waals surface area contributed by atoms with Crippen LogP contribution in [-0.4, -0.2) is 42.0 Å². The van der Waals surface area contributed by atoms with Gasteiger partial charge in [0.25, 0.3) is 11.7 Å². The Labute approximate surface area is 171 Å². The zero-order valence-electron chi connectivity index (χ0n) is 17.3. The van der Waals surface area contributed by atoms with Crippen molar-refractivity contribution in [2.75, 3.05) is 20.3 Å². The molecule has 1 saturated heterocycles. The molecule has 1 amide bonds. The normalized spacial score (nSPS) is 19.0. The lowest BCUT2D eigenvalue weighted by molar-refractivity contribution is -0.140. The second-order valence-electron chi connectivity index (χ2n) is 8.22. The predicted molar refractivity (Wildman–Crippen MR) is 112 cm³/mol. The number of likely N-dealkylation sites (tertiary alicyclic amines) is 1. The summed E-state index contributed by atoms with van der Waals surface area (Å²) >= 11 is 0. The van der Waals surface area contributed by atoms with Gasteiger partial charge in [-0.3, -0.25) is 9.59 Å². The first-order valence-electron chi connectivity index (χ1n) is 9.69. The van der Waals surface area contributed by atoms with Crippen LogP contribution in [0.1, 0.15) is 43.5 Å². The molecule has 0 radical (unpaired) electrons. The Morgan fingerprint density at radius 3 is 2.21 bits per heavy atom. The molecule has 0 aromatic heterocycles. The van der Waals surface area contributed by atoms with Gasteiger partial charge in [0.15, 0.2) is 0 Å². The molecule has 152 valence electrons. The van der Waals surface area contributed by atoms with Crippen LogP contribution < -0.4 is 0 Å². The Bertz CT molecular complexity index is 924. The average Bonchev–Trinajstić information content (AvgIpc) is 2.96. The first-order valence-corrected chi connectivity index (χ1v) is 9.69. The largest absolute Gasteiger partial charge is 0.507 e. The molecule has 1 atom stereocenters. The molecule has 0 saturated carbocycles. The summed E-state index contributed by atoms with van der Waals surface area (Å²) < 4.78 is 5.13. The zero-order chi connectivity index (χ0) is 21.2. The lowest BCUT2D eigenvalue weighted by Crippen LogP contribution is -2.32. The summed E-state index contributed by atoms with van der Waals surface area (Å²) in [5.41, 5.74) is 2.54. The highest BCUT2D eigenvalue weighted by molar-refractivity contribution is 6.46. The summed E-state index contributed by atoms with van der Waals surface area (Å²) in [4.78, 5) is 27.1. The molecule has 0 spiro atoms. The van der Waals surface area contributed by atoms with E-state index in [0.717, 1.165) is 11.1 Å². The number of carbonyl (C=O) groups is 2. The summed E-state index contributed by atoms with van der Waals surface area (Å²) in [6, 6.07) is 16.0. The van der Waals surface area contributed by atoms with E-state index in [1.807, 2.05) is 30.3 Å². The maximum absolute atomic E-state index is 12.9. The molecule has 1 N–H and O–H groups in total. The molecule has 0 unspecified atom stereocenters. The van der Waals surface area contributed by atoms with Gasteiger partial charge in [-0.2, -0.15) is 0 Å². The smallest absolute Gasteiger partial charge is 0.295 e. The zero-order valence-corrected chi connectivity index (χ0v) is 17.3. The first kappa shape index (κ1) is 20.8. The van der Waals surface area contributed by atoms with E-state index in [1.165, 1.54) is 4.90 Å². The predicted octanol–water partition coefficient (Wildman–Crippen LogP) is 4.05. The van der Waals surface area contributed by atoms with Crippen molar-refractivity contribution in [1.29, 1.82) is 0 Å². The van der Waals surface area contributed by atoms with Gasteiger partial charge in [0.05, 0.1) is 18.2 Å². The van der Waals surface area contributed by atoms with E-state index in [-0.39, 0.29) is 23.3 Å². The molecule has 29 heavy (non-hydrogen) atoms. The fourth-order valence-electron chi connectivity index (χ4n) is 3.56. The van der Waals surface area contributed by atoms with Crippen molar-refractivity contribution >= 4 is 17.4 Å². The minimum absolute atomic E-state index is 0.0135. The van der Waals surface area contributed by atoms with E-state index >= 15 is 0 Å². The molecule has 1 aliphatic heterocycles. The number of hydrogen-bond donors (Lipinski definition) is 1. The summed E-state index contributed by atoms with van der Waals surface area (Å²) in [6.07, 6.45) is 0. The molecule has 1 fully saturated rings. The number of amides is 1. The lowest BCUT2D eigenvalue weighted by atomic mass is 9.85. The van der Waals surface area contributed by atoms with Crippen LogP contribution in [0.4, 0.5) is 0 Å². The Hall–Kier alpha value is -2.92. The van der Waals surface area contributed by atoms with Crippen LogP contribution >= 0.6 is 0 Å². The van der Waals surface area contributed by atoms with Gasteiger partial charge in [0.2, 0.25) is 0 Å². The second kappa shape index (κ2) is 8.21. The molecule has 1 aliphatic rings. The van der Waals surface area contributed by atoms with Crippen molar-refractivity contribution in [1.82, 2.24) is 4.90 Å². The van der Waals surface area contributed by atoms with E-state index in [9.17, 15) is 14.7 Å². The second-order valence-corrected chi connectivity index (χ2v) is 8.22. The summed E-state index contributed by atoms with van der Waals surface area (Å²) in [5, 5.41) is 10.9. The van der Waals surface area contributed by atoms with Crippen LogP contribution in [0, 0.1) is 0 Å². The molecular formula is C24H27NO4. The fourth-order valence-corrected chi connectivity index (χ4v) is 3.56. The Kier molecular flexibility index (Phi) is 5.89. The van der Waals surface area contributed by atoms with E-state index in [2.05, 4.69) is 20.8 Å². The van der Waals surface area contributed by atoms with Gasteiger partial charge in [0.1, 0.15) is 5.76 Å². The number of carbonyl (C=O) groups excluding carboxylic acids is 2. The molecule has 0 bridgehead atoms. The van der Waals surface area contributed by atoms with Crippen molar-refractivity contribution in [3.63, 3.8) is 0 Å². The third-order valence-corrected chi connectivity index (χ3v) is 5.22. The topological polar surface area (TPSA) is 66.8 Å². The van der Waals surface area contributed by atoms with Gasteiger partial charge < -0.3 is 14.7 Å². The van der Waals surface area contributed by atoms with E-state index in [0.29, 0.717) is 12.2 Å². The van der Waals surface area contributed by atoms with Gasteiger partial charge in [-0.1, -0.05) is 75.4 Å². The van der Waals surface area contributed by atoms with Crippen LogP contribution in [0.3, 0.4) is 0 Å². The van der Waals surface area contributed by atoms with Crippen LogP contribution in [0.25, 0.3) is 5.76 Å². The number of aliphatic hydroxyl groups excluding tert-OH is 1. The highest BCUT2D eigenvalue weighted by Gasteiger charge is 2.45. The third kappa shape index (κ3) is 4.10. The molecule has 1 heterocycles. The van der Waals surface area contributed by atoms with Crippen molar-refractivity contribution < 1.29 is 19.4 Å². The van der Waals surface area contributed by atoms with Gasteiger partial charge in [-0.05, 0) is 16.5 Å². The number of nitrogens with zero attached hydrogens (tertiary/aromatic N) is 1. The minimum Gasteiger partial charge on any atom is -0.507 e. The molecule has 3 rings (SSSR count). The van der Waals surface area contributed by atoms with Crippen molar-refractivity contribution in [3.8, 4) is 0 Å². The van der Waals surface area contributed by atoms with E-state index in [4.69, 9.17) is 4.74 Å². The lowest BCUT2D eigenvalue weighted by Gasteiger charge is -2.26. The van der Waals surface area contributed by atoms with Gasteiger partial charge >= 0.3 is 0 Å². The summed E-state index contributed by atoms with van der Waals surface area (Å²) in [7, 11) is 1.55. The molecule has 2 aromatic rings.